The van der Waals surface area contributed by atoms with Crippen LogP contribution in [0.15, 0.2) is 12.6 Å². The van der Waals surface area contributed by atoms with Gasteiger partial charge in [-0.05, 0) is 47.6 Å². The van der Waals surface area contributed by atoms with E-state index in [-0.39, 0.29) is 0 Å². The molecule has 0 heterocycles. The Hall–Kier alpha value is -1.04. The predicted molar refractivity (Wildman–Crippen MR) is 63.5 cm³/mol. The monoisotopic (exact) mass is 187 g/mol. The van der Waals surface area contributed by atoms with Crippen LogP contribution in [0.3, 0.4) is 0 Å². The fraction of sp³-hybridized carbons (Fsp3) is 0.429. The Morgan fingerprint density at radius 2 is 1.79 bits per heavy atom. The van der Waals surface area contributed by atoms with Gasteiger partial charge in [0.2, 0.25) is 0 Å². The van der Waals surface area contributed by atoms with Gasteiger partial charge >= 0.3 is 0 Å². The normalized spacial score (nSPS) is 10.2. The second-order valence-electron chi connectivity index (χ2n) is 3.45. The Morgan fingerprint density at radius 3 is 2.21 bits per heavy atom. The number of hydrogen-bond donors (Lipinski definition) is 0. The molecule has 0 aromatic heterocycles. The number of aryl methyl sites for hydroxylation is 1. The molecule has 0 heteroatoms. The summed E-state index contributed by atoms with van der Waals surface area (Å²) >= 11 is 0. The van der Waals surface area contributed by atoms with E-state index in [1.54, 1.807) is 0 Å². The van der Waals surface area contributed by atoms with Crippen LogP contribution in [0.4, 0.5) is 0 Å². The second kappa shape index (κ2) is 4.99. The van der Waals surface area contributed by atoms with Crippen LogP contribution in [-0.2, 0) is 19.3 Å². The van der Waals surface area contributed by atoms with E-state index < -0.39 is 0 Å². The lowest BCUT2D eigenvalue weighted by molar-refractivity contribution is 0.977. The summed E-state index contributed by atoms with van der Waals surface area (Å²) < 4.78 is 0. The van der Waals surface area contributed by atoms with Gasteiger partial charge in [0, 0.05) is 0 Å². The van der Waals surface area contributed by atoms with Crippen molar-refractivity contribution in [2.24, 2.45) is 0 Å². The zero-order valence-corrected chi connectivity index (χ0v) is 9.48. The van der Waals surface area contributed by atoms with Crippen molar-refractivity contribution in [2.45, 2.75) is 40.0 Å². The van der Waals surface area contributed by atoms with Crippen LogP contribution in [0.1, 0.15) is 43.0 Å². The topological polar surface area (TPSA) is 0 Å². The largest absolute Gasteiger partial charge is 0.0984 e. The quantitative estimate of drug-likeness (QED) is 0.672. The molecule has 0 nitrogen and oxygen atoms in total. The van der Waals surface area contributed by atoms with Gasteiger partial charge in [0.1, 0.15) is 0 Å². The van der Waals surface area contributed by atoms with Crippen LogP contribution in [-0.4, -0.2) is 0 Å². The number of rotatable bonds is 4. The fourth-order valence-electron chi connectivity index (χ4n) is 2.04. The highest BCUT2D eigenvalue weighted by molar-refractivity contribution is 5.55. The third-order valence-corrected chi connectivity index (χ3v) is 2.77. The van der Waals surface area contributed by atoms with E-state index in [0.717, 1.165) is 19.3 Å². The SMILES string of the molecule is C=Cc1[c]cc(CC)c(CC)c1CC. The molecule has 0 saturated heterocycles. The van der Waals surface area contributed by atoms with Crippen molar-refractivity contribution in [1.29, 1.82) is 0 Å². The van der Waals surface area contributed by atoms with Crippen molar-refractivity contribution in [3.8, 4) is 0 Å². The van der Waals surface area contributed by atoms with Gasteiger partial charge in [-0.1, -0.05) is 39.5 Å². The Kier molecular flexibility index (Phi) is 3.94. The smallest absolute Gasteiger partial charge is 0.00997 e. The van der Waals surface area contributed by atoms with Crippen molar-refractivity contribution < 1.29 is 0 Å². The van der Waals surface area contributed by atoms with Gasteiger partial charge in [0.05, 0.1) is 0 Å². The first-order valence-corrected chi connectivity index (χ1v) is 5.46. The minimum Gasteiger partial charge on any atom is -0.0984 e. The third-order valence-electron chi connectivity index (χ3n) is 2.77. The second-order valence-corrected chi connectivity index (χ2v) is 3.45. The van der Waals surface area contributed by atoms with Crippen molar-refractivity contribution in [3.63, 3.8) is 0 Å². The van der Waals surface area contributed by atoms with Crippen molar-refractivity contribution in [3.05, 3.63) is 41.0 Å². The van der Waals surface area contributed by atoms with Gasteiger partial charge in [-0.3, -0.25) is 0 Å². The lowest BCUT2D eigenvalue weighted by Gasteiger charge is -2.13. The molecule has 0 fully saturated rings. The highest BCUT2D eigenvalue weighted by Gasteiger charge is 2.07. The summed E-state index contributed by atoms with van der Waals surface area (Å²) in [6.07, 6.45) is 5.21. The summed E-state index contributed by atoms with van der Waals surface area (Å²) in [5.74, 6) is 0. The summed E-state index contributed by atoms with van der Waals surface area (Å²) in [6.45, 7) is 10.5. The summed E-state index contributed by atoms with van der Waals surface area (Å²) in [4.78, 5) is 0. The molecular formula is C14H19. The van der Waals surface area contributed by atoms with Crippen LogP contribution < -0.4 is 0 Å². The summed E-state index contributed by atoms with van der Waals surface area (Å²) in [5, 5.41) is 0. The average molecular weight is 187 g/mol. The Balaban J connectivity index is 3.35. The van der Waals surface area contributed by atoms with Gasteiger partial charge in [0.25, 0.3) is 0 Å². The highest BCUT2D eigenvalue weighted by Crippen LogP contribution is 2.21. The van der Waals surface area contributed by atoms with Crippen LogP contribution in [0, 0.1) is 6.07 Å². The molecule has 0 bridgehead atoms. The van der Waals surface area contributed by atoms with E-state index in [1.165, 1.54) is 22.3 Å². The molecule has 0 aliphatic carbocycles. The van der Waals surface area contributed by atoms with Gasteiger partial charge in [-0.25, -0.2) is 0 Å². The molecule has 1 aromatic rings. The maximum absolute atomic E-state index is 3.84. The molecule has 0 aliphatic rings. The number of hydrogen-bond acceptors (Lipinski definition) is 0. The highest BCUT2D eigenvalue weighted by atomic mass is 14.1. The van der Waals surface area contributed by atoms with Crippen molar-refractivity contribution in [2.75, 3.05) is 0 Å². The Labute approximate surface area is 87.7 Å². The Bertz CT molecular complexity index is 321. The zero-order chi connectivity index (χ0) is 10.6. The van der Waals surface area contributed by atoms with Crippen molar-refractivity contribution >= 4 is 6.08 Å². The molecule has 75 valence electrons. The van der Waals surface area contributed by atoms with Gasteiger partial charge in [0.15, 0.2) is 0 Å². The molecule has 1 aromatic carbocycles. The third kappa shape index (κ3) is 1.89. The van der Waals surface area contributed by atoms with Gasteiger partial charge in [-0.2, -0.15) is 0 Å². The van der Waals surface area contributed by atoms with Crippen LogP contribution >= 0.6 is 0 Å². The maximum atomic E-state index is 3.84. The molecule has 0 amide bonds. The standard InChI is InChI=1S/C14H19/c1-5-11-9-10-12(6-2)14(8-4)13(11)7-3/h5,10H,1,6-8H2,2-4H3. The van der Waals surface area contributed by atoms with E-state index in [1.807, 2.05) is 6.08 Å². The van der Waals surface area contributed by atoms with E-state index in [2.05, 4.69) is 39.5 Å². The predicted octanol–water partition coefficient (Wildman–Crippen LogP) is 3.82. The van der Waals surface area contributed by atoms with E-state index >= 15 is 0 Å². The minimum absolute atomic E-state index is 1.08. The van der Waals surface area contributed by atoms with E-state index in [0.29, 0.717) is 0 Å². The summed E-state index contributed by atoms with van der Waals surface area (Å²) in [6, 6.07) is 5.43. The van der Waals surface area contributed by atoms with E-state index in [4.69, 9.17) is 0 Å². The van der Waals surface area contributed by atoms with Crippen LogP contribution in [0.5, 0.6) is 0 Å². The fourth-order valence-corrected chi connectivity index (χ4v) is 2.04. The Morgan fingerprint density at radius 1 is 1.14 bits per heavy atom. The molecule has 0 saturated carbocycles. The molecule has 0 aliphatic heterocycles. The lowest BCUT2D eigenvalue weighted by Crippen LogP contribution is -2.00. The molecule has 0 N–H and O–H groups in total. The maximum Gasteiger partial charge on any atom is -0.00997 e. The molecule has 14 heavy (non-hydrogen) atoms. The first-order chi connectivity index (χ1) is 6.78. The van der Waals surface area contributed by atoms with Crippen LogP contribution in [0.25, 0.3) is 6.08 Å². The first-order valence-electron chi connectivity index (χ1n) is 5.46. The molecule has 0 spiro atoms. The average Bonchev–Trinajstić information content (AvgIpc) is 2.26. The molecular weight excluding hydrogens is 168 g/mol. The minimum atomic E-state index is 1.08. The lowest BCUT2D eigenvalue weighted by atomic mass is 9.91. The molecule has 1 rings (SSSR count). The van der Waals surface area contributed by atoms with Crippen LogP contribution in [0.2, 0.25) is 0 Å². The molecule has 0 unspecified atom stereocenters. The van der Waals surface area contributed by atoms with Gasteiger partial charge in [-0.15, -0.1) is 0 Å². The first kappa shape index (κ1) is 11.0. The summed E-state index contributed by atoms with van der Waals surface area (Å²) in [7, 11) is 0. The summed E-state index contributed by atoms with van der Waals surface area (Å²) in [5.41, 5.74) is 5.56. The zero-order valence-electron chi connectivity index (χ0n) is 9.48. The van der Waals surface area contributed by atoms with E-state index in [9.17, 15) is 0 Å². The number of benzene rings is 1. The molecule has 1 radical (unpaired) electrons. The van der Waals surface area contributed by atoms with Gasteiger partial charge < -0.3 is 0 Å². The molecule has 0 atom stereocenters. The van der Waals surface area contributed by atoms with Crippen molar-refractivity contribution in [1.82, 2.24) is 0 Å².